The van der Waals surface area contributed by atoms with Gasteiger partial charge in [0.05, 0.1) is 0 Å². The summed E-state index contributed by atoms with van der Waals surface area (Å²) < 4.78 is 10.3. The summed E-state index contributed by atoms with van der Waals surface area (Å²) in [5.41, 5.74) is 0. The molecule has 1 fully saturated rings. The molecule has 0 radical (unpaired) electrons. The molecule has 0 aliphatic carbocycles. The van der Waals surface area contributed by atoms with E-state index in [-0.39, 0.29) is 12.8 Å². The van der Waals surface area contributed by atoms with Crippen molar-refractivity contribution in [2.75, 3.05) is 0 Å². The molecule has 0 spiro atoms. The molecule has 1 heterocycles. The zero-order chi connectivity index (χ0) is 18.3. The normalized spacial score (nSPS) is 20.6. The molecule has 2 amide bonds. The van der Waals surface area contributed by atoms with E-state index < -0.39 is 42.0 Å². The molecule has 0 aromatic rings. The minimum atomic E-state index is -1.05. The maximum absolute atomic E-state index is 12.3. The Morgan fingerprint density at radius 2 is 1.79 bits per heavy atom. The first-order valence-electron chi connectivity index (χ1n) is 7.77. The SMILES string of the molecule is C=CCCC(=O)O[C@H](C)[C@H]1C(=O)N(C(=O)CCC=C)[C@@H]1OC(C)=O. The van der Waals surface area contributed by atoms with Gasteiger partial charge in [-0.25, -0.2) is 4.90 Å². The fourth-order valence-corrected chi connectivity index (χ4v) is 2.39. The van der Waals surface area contributed by atoms with Crippen LogP contribution in [0.15, 0.2) is 25.3 Å². The number of allylic oxidation sites excluding steroid dienone is 2. The molecule has 1 aliphatic heterocycles. The predicted octanol–water partition coefficient (Wildman–Crippen LogP) is 1.72. The van der Waals surface area contributed by atoms with Crippen LogP contribution in [0.25, 0.3) is 0 Å². The van der Waals surface area contributed by atoms with Gasteiger partial charge in [-0.2, -0.15) is 0 Å². The quantitative estimate of drug-likeness (QED) is 0.361. The molecule has 132 valence electrons. The van der Waals surface area contributed by atoms with E-state index in [4.69, 9.17) is 9.47 Å². The van der Waals surface area contributed by atoms with Crippen LogP contribution in [0.4, 0.5) is 0 Å². The molecule has 0 unspecified atom stereocenters. The smallest absolute Gasteiger partial charge is 0.306 e. The Labute approximate surface area is 141 Å². The molecule has 24 heavy (non-hydrogen) atoms. The van der Waals surface area contributed by atoms with Crippen molar-refractivity contribution in [3.05, 3.63) is 25.3 Å². The van der Waals surface area contributed by atoms with Crippen LogP contribution in [0.5, 0.6) is 0 Å². The molecule has 7 heteroatoms. The number of carbonyl (C=O) groups is 4. The summed E-state index contributed by atoms with van der Waals surface area (Å²) in [5, 5.41) is 0. The highest BCUT2D eigenvalue weighted by molar-refractivity contribution is 6.02. The maximum atomic E-state index is 12.3. The topological polar surface area (TPSA) is 90.0 Å². The van der Waals surface area contributed by atoms with Crippen LogP contribution in [0.1, 0.15) is 39.5 Å². The number of hydrogen-bond acceptors (Lipinski definition) is 6. The van der Waals surface area contributed by atoms with E-state index in [9.17, 15) is 19.2 Å². The van der Waals surface area contributed by atoms with Crippen molar-refractivity contribution < 1.29 is 28.7 Å². The van der Waals surface area contributed by atoms with Gasteiger partial charge in [-0.15, -0.1) is 13.2 Å². The fourth-order valence-electron chi connectivity index (χ4n) is 2.39. The van der Waals surface area contributed by atoms with Gasteiger partial charge in [0.25, 0.3) is 0 Å². The monoisotopic (exact) mass is 337 g/mol. The van der Waals surface area contributed by atoms with E-state index in [2.05, 4.69) is 13.2 Å². The summed E-state index contributed by atoms with van der Waals surface area (Å²) in [4.78, 5) is 48.2. The van der Waals surface area contributed by atoms with E-state index in [1.54, 1.807) is 12.2 Å². The Hall–Kier alpha value is -2.44. The number of rotatable bonds is 9. The number of hydrogen-bond donors (Lipinski definition) is 0. The first-order valence-corrected chi connectivity index (χ1v) is 7.77. The average molecular weight is 337 g/mol. The van der Waals surface area contributed by atoms with Crippen LogP contribution in [0.3, 0.4) is 0 Å². The molecule has 7 nitrogen and oxygen atoms in total. The van der Waals surface area contributed by atoms with Crippen molar-refractivity contribution in [2.45, 2.75) is 51.9 Å². The number of imide groups is 1. The zero-order valence-electron chi connectivity index (χ0n) is 14.0. The van der Waals surface area contributed by atoms with E-state index in [1.807, 2.05) is 0 Å². The average Bonchev–Trinajstić information content (AvgIpc) is 2.50. The Bertz CT molecular complexity index is 541. The van der Waals surface area contributed by atoms with Crippen molar-refractivity contribution in [3.8, 4) is 0 Å². The molecule has 1 aliphatic rings. The number of ether oxygens (including phenoxy) is 2. The lowest BCUT2D eigenvalue weighted by molar-refractivity contribution is -0.210. The lowest BCUT2D eigenvalue weighted by Gasteiger charge is -2.45. The van der Waals surface area contributed by atoms with Crippen molar-refractivity contribution in [1.82, 2.24) is 4.90 Å². The maximum Gasteiger partial charge on any atom is 0.306 e. The number of likely N-dealkylation sites (tertiary alicyclic amines) is 1. The summed E-state index contributed by atoms with van der Waals surface area (Å²) in [7, 11) is 0. The van der Waals surface area contributed by atoms with Crippen molar-refractivity contribution in [1.29, 1.82) is 0 Å². The predicted molar refractivity (Wildman–Crippen MR) is 85.3 cm³/mol. The van der Waals surface area contributed by atoms with Gasteiger partial charge in [-0.05, 0) is 19.8 Å². The van der Waals surface area contributed by atoms with Gasteiger partial charge < -0.3 is 9.47 Å². The summed E-state index contributed by atoms with van der Waals surface area (Å²) in [5.74, 6) is -2.95. The molecule has 0 aromatic heterocycles. The highest BCUT2D eigenvalue weighted by Gasteiger charge is 2.56. The molecular formula is C17H23NO6. The third-order valence-electron chi connectivity index (χ3n) is 3.58. The standard InChI is InChI=1S/C17H23NO6/c1-5-7-9-13(20)18-16(22)15(17(18)24-12(4)19)11(3)23-14(21)10-8-6-2/h5-6,11,15,17H,1-2,7-10H2,3-4H3/t11-,15+,17-/m1/s1. The molecule has 1 saturated heterocycles. The number of β-lactam (4-membered cyclic amide) rings is 1. The second-order valence-corrected chi connectivity index (χ2v) is 5.48. The third kappa shape index (κ3) is 4.78. The first-order chi connectivity index (χ1) is 11.3. The van der Waals surface area contributed by atoms with Gasteiger partial charge in [0.1, 0.15) is 12.0 Å². The van der Waals surface area contributed by atoms with Gasteiger partial charge in [0, 0.05) is 19.8 Å². The molecule has 1 rings (SSSR count). The summed E-state index contributed by atoms with van der Waals surface area (Å²) >= 11 is 0. The Balaban J connectivity index is 2.78. The lowest BCUT2D eigenvalue weighted by Crippen LogP contribution is -2.67. The van der Waals surface area contributed by atoms with Crippen LogP contribution in [0.2, 0.25) is 0 Å². The second kappa shape index (κ2) is 9.00. The summed E-state index contributed by atoms with van der Waals surface area (Å²) in [6, 6.07) is 0. The molecule has 0 saturated carbocycles. The van der Waals surface area contributed by atoms with Gasteiger partial charge in [0.2, 0.25) is 11.8 Å². The number of esters is 2. The lowest BCUT2D eigenvalue weighted by atomic mass is 9.89. The fraction of sp³-hybridized carbons (Fsp3) is 0.529. The van der Waals surface area contributed by atoms with E-state index in [0.29, 0.717) is 12.8 Å². The first kappa shape index (κ1) is 19.6. The summed E-state index contributed by atoms with van der Waals surface area (Å²) in [6.07, 6.45) is 2.40. The van der Waals surface area contributed by atoms with E-state index in [0.717, 1.165) is 4.90 Å². The van der Waals surface area contributed by atoms with Crippen molar-refractivity contribution in [2.24, 2.45) is 5.92 Å². The summed E-state index contributed by atoms with van der Waals surface area (Å²) in [6.45, 7) is 9.76. The Morgan fingerprint density at radius 1 is 1.21 bits per heavy atom. The Morgan fingerprint density at radius 3 is 2.33 bits per heavy atom. The van der Waals surface area contributed by atoms with Crippen LogP contribution in [-0.4, -0.2) is 41.0 Å². The van der Waals surface area contributed by atoms with E-state index in [1.165, 1.54) is 13.8 Å². The van der Waals surface area contributed by atoms with Crippen molar-refractivity contribution >= 4 is 23.8 Å². The third-order valence-corrected chi connectivity index (χ3v) is 3.58. The van der Waals surface area contributed by atoms with Gasteiger partial charge in [-0.1, -0.05) is 12.2 Å². The number of carbonyl (C=O) groups excluding carboxylic acids is 4. The van der Waals surface area contributed by atoms with Crippen LogP contribution in [0, 0.1) is 5.92 Å². The Kier molecular flexibility index (Phi) is 7.35. The zero-order valence-corrected chi connectivity index (χ0v) is 14.0. The van der Waals surface area contributed by atoms with Gasteiger partial charge >= 0.3 is 11.9 Å². The van der Waals surface area contributed by atoms with Crippen LogP contribution in [-0.2, 0) is 28.7 Å². The molecule has 3 atom stereocenters. The van der Waals surface area contributed by atoms with Gasteiger partial charge in [0.15, 0.2) is 6.23 Å². The van der Waals surface area contributed by atoms with Crippen molar-refractivity contribution in [3.63, 3.8) is 0 Å². The molecule has 0 N–H and O–H groups in total. The number of amides is 2. The van der Waals surface area contributed by atoms with Crippen LogP contribution < -0.4 is 0 Å². The molecule has 0 bridgehead atoms. The van der Waals surface area contributed by atoms with E-state index >= 15 is 0 Å². The molecular weight excluding hydrogens is 314 g/mol. The van der Waals surface area contributed by atoms with Gasteiger partial charge in [-0.3, -0.25) is 19.2 Å². The second-order valence-electron chi connectivity index (χ2n) is 5.48. The minimum absolute atomic E-state index is 0.0905. The number of nitrogens with zero attached hydrogens (tertiary/aromatic N) is 1. The largest absolute Gasteiger partial charge is 0.462 e. The van der Waals surface area contributed by atoms with Crippen LogP contribution >= 0.6 is 0 Å². The highest BCUT2D eigenvalue weighted by atomic mass is 16.6. The molecule has 0 aromatic carbocycles. The minimum Gasteiger partial charge on any atom is -0.462 e. The highest BCUT2D eigenvalue weighted by Crippen LogP contribution is 2.33.